The minimum atomic E-state index is -2.59. The van der Waals surface area contributed by atoms with E-state index in [2.05, 4.69) is 4.52 Å². The van der Waals surface area contributed by atoms with Gasteiger partial charge in [-0.15, -0.1) is 4.89 Å². The van der Waals surface area contributed by atoms with Gasteiger partial charge in [0.05, 0.1) is 5.69 Å². The van der Waals surface area contributed by atoms with Crippen LogP contribution in [0.15, 0.2) is 11.4 Å². The summed E-state index contributed by atoms with van der Waals surface area (Å²) in [5, 5.41) is 1.98. The smallest absolute Gasteiger partial charge is 0.395 e. The maximum absolute atomic E-state index is 10.1. The Hall–Kier alpha value is -0.640. The van der Waals surface area contributed by atoms with E-state index in [1.165, 1.54) is 11.3 Å². The third kappa shape index (κ3) is 1.67. The first-order valence-corrected chi connectivity index (χ1v) is 4.38. The van der Waals surface area contributed by atoms with Gasteiger partial charge in [0.2, 0.25) is 0 Å². The third-order valence-corrected chi connectivity index (χ3v) is 2.09. The summed E-state index contributed by atoms with van der Waals surface area (Å²) in [6.45, 7) is 0. The van der Waals surface area contributed by atoms with Gasteiger partial charge in [0.1, 0.15) is 0 Å². The van der Waals surface area contributed by atoms with Crippen molar-refractivity contribution in [3.05, 3.63) is 11.4 Å². The lowest BCUT2D eigenvalue weighted by atomic mass is 10.5. The van der Waals surface area contributed by atoms with Gasteiger partial charge in [0.25, 0.3) is 5.06 Å². The van der Waals surface area contributed by atoms with Crippen LogP contribution in [0.5, 0.6) is 5.06 Å². The summed E-state index contributed by atoms with van der Waals surface area (Å²) in [4.78, 5) is 8.29. The van der Waals surface area contributed by atoms with Gasteiger partial charge in [-0.2, -0.15) is 0 Å². The first-order chi connectivity index (χ1) is 4.70. The third-order valence-electron chi connectivity index (χ3n) is 0.819. The zero-order chi connectivity index (χ0) is 7.56. The maximum Gasteiger partial charge on any atom is 0.748 e. The van der Waals surface area contributed by atoms with E-state index in [0.29, 0.717) is 10.8 Å². The summed E-state index contributed by atoms with van der Waals surface area (Å²) >= 11 is 1.19. The summed E-state index contributed by atoms with van der Waals surface area (Å²) < 4.78 is 14.5. The minimum absolute atomic E-state index is 0.295. The molecule has 0 aliphatic heterocycles. The van der Waals surface area contributed by atoms with Crippen molar-refractivity contribution in [1.82, 2.24) is 0 Å². The zero-order valence-corrected chi connectivity index (χ0v) is 6.56. The Labute approximate surface area is 62.2 Å². The largest absolute Gasteiger partial charge is 0.748 e. The van der Waals surface area contributed by atoms with Crippen LogP contribution in [0.25, 0.3) is 0 Å². The van der Waals surface area contributed by atoms with Crippen LogP contribution in [0, 0.1) is 0 Å². The van der Waals surface area contributed by atoms with Crippen molar-refractivity contribution in [2.75, 3.05) is 5.73 Å². The number of nitrogens with two attached hydrogens (primary N) is 1. The predicted molar refractivity (Wildman–Crippen MR) is 39.2 cm³/mol. The van der Waals surface area contributed by atoms with Crippen LogP contribution in [0.4, 0.5) is 5.69 Å². The van der Waals surface area contributed by atoms with E-state index in [0.717, 1.165) is 0 Å². The molecule has 54 valence electrons. The molecule has 0 aromatic carbocycles. The second kappa shape index (κ2) is 2.96. The summed E-state index contributed by atoms with van der Waals surface area (Å²) in [6, 6.07) is 1.61. The molecule has 1 rings (SSSR count). The lowest BCUT2D eigenvalue weighted by Gasteiger charge is -1.84. The molecule has 0 bridgehead atoms. The molecule has 1 aromatic rings. The standard InChI is InChI=1S/C4H4NO3PS/c5-3-1-2-10-4(3)8-9(6)7/h1-2H,5H2/p+1. The molecule has 0 radical (unpaired) electrons. The van der Waals surface area contributed by atoms with Gasteiger partial charge in [-0.05, 0) is 11.4 Å². The first kappa shape index (κ1) is 7.47. The monoisotopic (exact) mass is 178 g/mol. The van der Waals surface area contributed by atoms with E-state index in [1.807, 2.05) is 0 Å². The van der Waals surface area contributed by atoms with Crippen LogP contribution in [0.2, 0.25) is 0 Å². The molecule has 1 heterocycles. The second-order valence-corrected chi connectivity index (χ2v) is 3.03. The SMILES string of the molecule is Nc1ccsc1O[P+](=O)O. The summed E-state index contributed by atoms with van der Waals surface area (Å²) in [7, 11) is -2.59. The molecule has 0 spiro atoms. The van der Waals surface area contributed by atoms with Gasteiger partial charge in [-0.25, -0.2) is 4.52 Å². The number of hydrogen-bond donors (Lipinski definition) is 2. The van der Waals surface area contributed by atoms with E-state index in [-0.39, 0.29) is 0 Å². The molecule has 10 heavy (non-hydrogen) atoms. The predicted octanol–water partition coefficient (Wildman–Crippen LogP) is 1.36. The van der Waals surface area contributed by atoms with E-state index in [4.69, 9.17) is 10.6 Å². The Balaban J connectivity index is 2.74. The average Bonchev–Trinajstić information content (AvgIpc) is 2.15. The van der Waals surface area contributed by atoms with Crippen molar-refractivity contribution in [3.8, 4) is 5.06 Å². The highest BCUT2D eigenvalue weighted by Gasteiger charge is 2.17. The Bertz CT molecular complexity index is 248. The Kier molecular flexibility index (Phi) is 2.21. The van der Waals surface area contributed by atoms with Gasteiger partial charge < -0.3 is 5.73 Å². The van der Waals surface area contributed by atoms with Crippen LogP contribution in [0.1, 0.15) is 0 Å². The van der Waals surface area contributed by atoms with Crippen molar-refractivity contribution in [1.29, 1.82) is 0 Å². The molecular formula is C4H5NO3PS+. The molecule has 0 aliphatic carbocycles. The van der Waals surface area contributed by atoms with Crippen LogP contribution in [-0.4, -0.2) is 4.89 Å². The maximum atomic E-state index is 10.1. The van der Waals surface area contributed by atoms with Crippen molar-refractivity contribution >= 4 is 25.3 Å². The van der Waals surface area contributed by atoms with Crippen LogP contribution in [-0.2, 0) is 4.57 Å². The highest BCUT2D eigenvalue weighted by molar-refractivity contribution is 7.33. The highest BCUT2D eigenvalue weighted by atomic mass is 32.1. The highest BCUT2D eigenvalue weighted by Crippen LogP contribution is 2.33. The first-order valence-electron chi connectivity index (χ1n) is 2.37. The van der Waals surface area contributed by atoms with Gasteiger partial charge in [-0.3, -0.25) is 0 Å². The molecule has 0 aliphatic rings. The molecule has 4 nitrogen and oxygen atoms in total. The Morgan fingerprint density at radius 3 is 2.90 bits per heavy atom. The number of thiophene rings is 1. The van der Waals surface area contributed by atoms with E-state index in [9.17, 15) is 4.57 Å². The molecule has 0 saturated carbocycles. The molecule has 0 fully saturated rings. The molecule has 0 saturated heterocycles. The van der Waals surface area contributed by atoms with Crippen LogP contribution < -0.4 is 10.3 Å². The molecule has 1 unspecified atom stereocenters. The van der Waals surface area contributed by atoms with Gasteiger partial charge >= 0.3 is 8.25 Å². The zero-order valence-electron chi connectivity index (χ0n) is 4.85. The fourth-order valence-corrected chi connectivity index (χ4v) is 1.60. The fourth-order valence-electron chi connectivity index (χ4n) is 0.450. The molecule has 1 atom stereocenters. The number of rotatable bonds is 2. The second-order valence-electron chi connectivity index (χ2n) is 1.49. The minimum Gasteiger partial charge on any atom is -0.395 e. The van der Waals surface area contributed by atoms with E-state index >= 15 is 0 Å². The van der Waals surface area contributed by atoms with Gasteiger partial charge in [-0.1, -0.05) is 11.3 Å². The molecule has 0 amide bonds. The van der Waals surface area contributed by atoms with Crippen LogP contribution in [0.3, 0.4) is 0 Å². The van der Waals surface area contributed by atoms with Crippen molar-refractivity contribution in [3.63, 3.8) is 0 Å². The average molecular weight is 178 g/mol. The number of anilines is 1. The quantitative estimate of drug-likeness (QED) is 0.670. The molecule has 3 N–H and O–H groups in total. The van der Waals surface area contributed by atoms with Crippen LogP contribution >= 0.6 is 19.6 Å². The van der Waals surface area contributed by atoms with Crippen molar-refractivity contribution < 1.29 is 14.0 Å². The fraction of sp³-hybridized carbons (Fsp3) is 0. The van der Waals surface area contributed by atoms with Crippen molar-refractivity contribution in [2.45, 2.75) is 0 Å². The summed E-state index contributed by atoms with van der Waals surface area (Å²) in [5.41, 5.74) is 5.73. The lowest BCUT2D eigenvalue weighted by Crippen LogP contribution is -1.83. The van der Waals surface area contributed by atoms with Crippen molar-refractivity contribution in [2.24, 2.45) is 0 Å². The van der Waals surface area contributed by atoms with E-state index in [1.54, 1.807) is 11.4 Å². The lowest BCUT2D eigenvalue weighted by molar-refractivity contribution is 0.415. The molecular weight excluding hydrogens is 173 g/mol. The summed E-state index contributed by atoms with van der Waals surface area (Å²) in [6.07, 6.45) is 0. The summed E-state index contributed by atoms with van der Waals surface area (Å²) in [5.74, 6) is 0. The molecule has 1 aromatic heterocycles. The van der Waals surface area contributed by atoms with E-state index < -0.39 is 8.25 Å². The number of nitrogen functional groups attached to an aromatic ring is 1. The Morgan fingerprint density at radius 1 is 1.80 bits per heavy atom. The van der Waals surface area contributed by atoms with Gasteiger partial charge in [0.15, 0.2) is 0 Å². The topological polar surface area (TPSA) is 72.5 Å². The van der Waals surface area contributed by atoms with Gasteiger partial charge in [0, 0.05) is 4.57 Å². The molecule has 6 heteroatoms. The Morgan fingerprint density at radius 2 is 2.50 bits per heavy atom. The normalized spacial score (nSPS) is 11.1. The number of hydrogen-bond acceptors (Lipinski definition) is 4.